The van der Waals surface area contributed by atoms with Gasteiger partial charge in [-0.15, -0.1) is 0 Å². The van der Waals surface area contributed by atoms with Gasteiger partial charge in [-0.05, 0) is 30.7 Å². The number of rotatable bonds is 5. The average molecular weight is 337 g/mol. The van der Waals surface area contributed by atoms with Crippen molar-refractivity contribution in [1.82, 2.24) is 0 Å². The van der Waals surface area contributed by atoms with Crippen LogP contribution < -0.4 is 10.1 Å². The van der Waals surface area contributed by atoms with E-state index in [4.69, 9.17) is 4.74 Å². The Morgan fingerprint density at radius 1 is 1.28 bits per heavy atom. The number of carbonyl (C=O) groups is 1. The summed E-state index contributed by atoms with van der Waals surface area (Å²) in [4.78, 5) is 22.8. The normalized spacial score (nSPS) is 10.7. The highest BCUT2D eigenvalue weighted by Gasteiger charge is 2.19. The first-order valence-corrected chi connectivity index (χ1v) is 7.27. The van der Waals surface area contributed by atoms with Crippen LogP contribution in [0.3, 0.4) is 0 Å². The Bertz CT molecular complexity index is 880. The van der Waals surface area contributed by atoms with Crippen molar-refractivity contribution in [3.63, 3.8) is 0 Å². The molecule has 2 aromatic rings. The number of nitriles is 1. The summed E-state index contributed by atoms with van der Waals surface area (Å²) >= 11 is 0. The lowest BCUT2D eigenvalue weighted by Crippen LogP contribution is -2.14. The fourth-order valence-corrected chi connectivity index (χ4v) is 2.06. The Kier molecular flexibility index (Phi) is 5.48. The van der Waals surface area contributed by atoms with Crippen LogP contribution in [0.4, 0.5) is 11.4 Å². The van der Waals surface area contributed by atoms with E-state index in [-0.39, 0.29) is 16.9 Å². The van der Waals surface area contributed by atoms with Crippen LogP contribution >= 0.6 is 0 Å². The smallest absolute Gasteiger partial charge is 0.296 e. The van der Waals surface area contributed by atoms with Gasteiger partial charge in [0.15, 0.2) is 0 Å². The Balaban J connectivity index is 2.30. The van der Waals surface area contributed by atoms with Crippen molar-refractivity contribution in [2.24, 2.45) is 0 Å². The maximum Gasteiger partial charge on any atom is 0.296 e. The Labute approximate surface area is 144 Å². The summed E-state index contributed by atoms with van der Waals surface area (Å²) in [5.41, 5.74) is 1.24. The minimum atomic E-state index is -0.726. The first kappa shape index (κ1) is 17.7. The number of nitrogens with one attached hydrogen (secondary N) is 1. The van der Waals surface area contributed by atoms with Gasteiger partial charge in [-0.25, -0.2) is 0 Å². The topological polar surface area (TPSA) is 105 Å². The molecule has 0 fully saturated rings. The summed E-state index contributed by atoms with van der Waals surface area (Å²) in [5, 5.41) is 22.8. The van der Waals surface area contributed by atoms with Crippen LogP contribution in [0.25, 0.3) is 6.08 Å². The maximum atomic E-state index is 12.3. The van der Waals surface area contributed by atoms with E-state index in [2.05, 4.69) is 5.32 Å². The quantitative estimate of drug-likeness (QED) is 0.389. The summed E-state index contributed by atoms with van der Waals surface area (Å²) in [7, 11) is 1.38. The summed E-state index contributed by atoms with van der Waals surface area (Å²) in [5.74, 6) is -0.434. The Morgan fingerprint density at radius 2 is 1.96 bits per heavy atom. The van der Waals surface area contributed by atoms with Gasteiger partial charge < -0.3 is 10.1 Å². The second kappa shape index (κ2) is 7.75. The molecule has 7 nitrogen and oxygen atoms in total. The second-order valence-electron chi connectivity index (χ2n) is 5.17. The van der Waals surface area contributed by atoms with E-state index in [1.807, 2.05) is 25.1 Å². The van der Waals surface area contributed by atoms with E-state index in [9.17, 15) is 20.2 Å². The van der Waals surface area contributed by atoms with E-state index < -0.39 is 10.8 Å². The molecule has 0 atom stereocenters. The van der Waals surface area contributed by atoms with Gasteiger partial charge in [0, 0.05) is 0 Å². The average Bonchev–Trinajstić information content (AvgIpc) is 2.61. The molecule has 0 aliphatic carbocycles. The molecule has 0 radical (unpaired) electrons. The lowest BCUT2D eigenvalue weighted by molar-refractivity contribution is -0.384. The molecule has 25 heavy (non-hydrogen) atoms. The number of benzene rings is 2. The van der Waals surface area contributed by atoms with E-state index in [1.165, 1.54) is 31.4 Å². The molecule has 0 heterocycles. The molecule has 0 aromatic heterocycles. The van der Waals surface area contributed by atoms with E-state index in [0.29, 0.717) is 11.3 Å². The predicted octanol–water partition coefficient (Wildman–Crippen LogP) is 3.46. The third kappa shape index (κ3) is 4.42. The van der Waals surface area contributed by atoms with Crippen molar-refractivity contribution < 1.29 is 14.5 Å². The molecule has 1 N–H and O–H groups in total. The van der Waals surface area contributed by atoms with Crippen molar-refractivity contribution in [2.45, 2.75) is 6.92 Å². The highest BCUT2D eigenvalue weighted by atomic mass is 16.6. The lowest BCUT2D eigenvalue weighted by atomic mass is 10.1. The first-order chi connectivity index (χ1) is 11.9. The second-order valence-corrected chi connectivity index (χ2v) is 5.17. The zero-order valence-corrected chi connectivity index (χ0v) is 13.6. The fourth-order valence-electron chi connectivity index (χ4n) is 2.06. The minimum Gasteiger partial charge on any atom is -0.496 e. The standard InChI is InChI=1S/C18H15N3O4/c1-12-3-5-13(6-4-12)9-14(11-19)18(22)20-16-8-7-15(25-2)10-17(16)21(23)24/h3-10H,1-2H3,(H,20,22)/b14-9+. The third-order valence-corrected chi connectivity index (χ3v) is 3.40. The molecule has 2 rings (SSSR count). The van der Waals surface area contributed by atoms with Crippen molar-refractivity contribution in [3.05, 3.63) is 69.3 Å². The molecule has 0 saturated heterocycles. The van der Waals surface area contributed by atoms with Gasteiger partial charge in [0.1, 0.15) is 23.1 Å². The minimum absolute atomic E-state index is 0.0131. The number of amides is 1. The number of carbonyl (C=O) groups excluding carboxylic acids is 1. The molecular weight excluding hydrogens is 322 g/mol. The van der Waals surface area contributed by atoms with Gasteiger partial charge >= 0.3 is 0 Å². The predicted molar refractivity (Wildman–Crippen MR) is 93.0 cm³/mol. The lowest BCUT2D eigenvalue weighted by Gasteiger charge is -2.07. The van der Waals surface area contributed by atoms with Crippen LogP contribution in [0.2, 0.25) is 0 Å². The number of nitrogens with zero attached hydrogens (tertiary/aromatic N) is 2. The summed E-state index contributed by atoms with van der Waals surface area (Å²) in [6, 6.07) is 13.1. The third-order valence-electron chi connectivity index (χ3n) is 3.40. The molecule has 0 unspecified atom stereocenters. The maximum absolute atomic E-state index is 12.3. The zero-order chi connectivity index (χ0) is 18.4. The number of hydrogen-bond acceptors (Lipinski definition) is 5. The van der Waals surface area contributed by atoms with Crippen molar-refractivity contribution in [2.75, 3.05) is 12.4 Å². The summed E-state index contributed by atoms with van der Waals surface area (Å²) in [6.07, 6.45) is 1.42. The van der Waals surface area contributed by atoms with E-state index >= 15 is 0 Å². The number of nitro benzene ring substituents is 1. The largest absolute Gasteiger partial charge is 0.496 e. The van der Waals surface area contributed by atoms with Gasteiger partial charge in [-0.1, -0.05) is 29.8 Å². The molecule has 1 amide bonds. The summed E-state index contributed by atoms with van der Waals surface area (Å²) in [6.45, 7) is 1.92. The molecule has 2 aromatic carbocycles. The molecule has 126 valence electrons. The van der Waals surface area contributed by atoms with Crippen molar-refractivity contribution in [1.29, 1.82) is 5.26 Å². The van der Waals surface area contributed by atoms with Crippen LogP contribution in [0.5, 0.6) is 5.75 Å². The van der Waals surface area contributed by atoms with Crippen molar-refractivity contribution in [3.8, 4) is 11.8 Å². The van der Waals surface area contributed by atoms with E-state index in [0.717, 1.165) is 5.56 Å². The van der Waals surface area contributed by atoms with Crippen LogP contribution in [0.15, 0.2) is 48.0 Å². The summed E-state index contributed by atoms with van der Waals surface area (Å²) < 4.78 is 4.94. The Hall–Kier alpha value is -3.66. The van der Waals surface area contributed by atoms with Crippen LogP contribution in [-0.2, 0) is 4.79 Å². The van der Waals surface area contributed by atoms with Gasteiger partial charge in [0.05, 0.1) is 18.1 Å². The monoisotopic (exact) mass is 337 g/mol. The van der Waals surface area contributed by atoms with Crippen LogP contribution in [0, 0.1) is 28.4 Å². The number of ether oxygens (including phenoxy) is 1. The molecule has 0 saturated carbocycles. The van der Waals surface area contributed by atoms with Crippen molar-refractivity contribution >= 4 is 23.4 Å². The molecule has 7 heteroatoms. The van der Waals surface area contributed by atoms with Gasteiger partial charge in [-0.3, -0.25) is 14.9 Å². The fraction of sp³-hybridized carbons (Fsp3) is 0.111. The molecule has 0 bridgehead atoms. The van der Waals surface area contributed by atoms with Gasteiger partial charge in [0.25, 0.3) is 11.6 Å². The van der Waals surface area contributed by atoms with E-state index in [1.54, 1.807) is 12.1 Å². The highest BCUT2D eigenvalue weighted by molar-refractivity contribution is 6.10. The molecule has 0 spiro atoms. The van der Waals surface area contributed by atoms with Crippen LogP contribution in [-0.4, -0.2) is 17.9 Å². The number of nitro groups is 1. The highest BCUT2D eigenvalue weighted by Crippen LogP contribution is 2.29. The number of aryl methyl sites for hydroxylation is 1. The number of methoxy groups -OCH3 is 1. The van der Waals surface area contributed by atoms with Crippen LogP contribution in [0.1, 0.15) is 11.1 Å². The molecular formula is C18H15N3O4. The first-order valence-electron chi connectivity index (χ1n) is 7.27. The molecule has 0 aliphatic rings. The molecule has 0 aliphatic heterocycles. The number of hydrogen-bond donors (Lipinski definition) is 1. The zero-order valence-electron chi connectivity index (χ0n) is 13.6. The van der Waals surface area contributed by atoms with Gasteiger partial charge in [0.2, 0.25) is 0 Å². The SMILES string of the molecule is COc1ccc(NC(=O)/C(C#N)=C/c2ccc(C)cc2)c([N+](=O)[O-])c1. The number of anilines is 1. The van der Waals surface area contributed by atoms with Gasteiger partial charge in [-0.2, -0.15) is 5.26 Å². The Morgan fingerprint density at radius 3 is 2.52 bits per heavy atom.